The van der Waals surface area contributed by atoms with Crippen molar-refractivity contribution in [3.05, 3.63) is 65.4 Å². The lowest BCUT2D eigenvalue weighted by Crippen LogP contribution is -2.41. The van der Waals surface area contributed by atoms with Crippen molar-refractivity contribution in [3.8, 4) is 16.9 Å². The third-order valence-electron chi connectivity index (χ3n) is 7.56. The minimum atomic E-state index is -3.63. The number of aromatic nitrogens is 2. The second-order valence-corrected chi connectivity index (χ2v) is 12.1. The monoisotopic (exact) mass is 520 g/mol. The molecular formula is C28H32N4O4S. The van der Waals surface area contributed by atoms with Crippen molar-refractivity contribution in [1.29, 1.82) is 0 Å². The number of carbonyl (C=O) groups excluding carboxylic acids is 1. The van der Waals surface area contributed by atoms with Crippen LogP contribution in [0.1, 0.15) is 47.3 Å². The molecule has 0 bridgehead atoms. The third-order valence-corrected chi connectivity index (χ3v) is 9.25. The van der Waals surface area contributed by atoms with Crippen molar-refractivity contribution in [3.63, 3.8) is 0 Å². The summed E-state index contributed by atoms with van der Waals surface area (Å²) in [5.41, 5.74) is 3.90. The van der Waals surface area contributed by atoms with Gasteiger partial charge in [-0.25, -0.2) is 13.1 Å². The van der Waals surface area contributed by atoms with Crippen LogP contribution in [0.25, 0.3) is 16.9 Å². The van der Waals surface area contributed by atoms with Crippen LogP contribution in [-0.4, -0.2) is 73.3 Å². The highest BCUT2D eigenvalue weighted by atomic mass is 32.2. The summed E-state index contributed by atoms with van der Waals surface area (Å²) in [6.07, 6.45) is 4.91. The van der Waals surface area contributed by atoms with E-state index in [0.717, 1.165) is 30.9 Å². The maximum absolute atomic E-state index is 13.6. The molecule has 194 valence electrons. The zero-order valence-electron chi connectivity index (χ0n) is 20.9. The standard InChI is InChI=1S/C28H32N4O4S/c33-28(31-14-16-36-17-15-31)26-24-20-37(34,35)25-11-10-21(19-30-12-6-1-2-7-13-30)18-23(25)27(24)32(29-26)22-8-4-3-5-9-22/h3-5,8-11,18H,1-2,6-7,12-17,19-20H2. The Hall–Kier alpha value is -3.01. The molecule has 1 amide bonds. The Balaban J connectivity index is 1.49. The summed E-state index contributed by atoms with van der Waals surface area (Å²) < 4.78 is 34.1. The molecule has 0 aliphatic carbocycles. The van der Waals surface area contributed by atoms with Crippen LogP contribution < -0.4 is 0 Å². The van der Waals surface area contributed by atoms with Crippen LogP contribution in [0.15, 0.2) is 53.4 Å². The van der Waals surface area contributed by atoms with Crippen LogP contribution in [0.5, 0.6) is 0 Å². The van der Waals surface area contributed by atoms with Gasteiger partial charge in [-0.1, -0.05) is 37.1 Å². The summed E-state index contributed by atoms with van der Waals surface area (Å²) in [5.74, 6) is -0.479. The molecule has 0 spiro atoms. The first kappa shape index (κ1) is 24.3. The van der Waals surface area contributed by atoms with Gasteiger partial charge in [0.1, 0.15) is 0 Å². The number of hydrogen-bond acceptors (Lipinski definition) is 6. The molecule has 1 aromatic heterocycles. The van der Waals surface area contributed by atoms with Crippen LogP contribution >= 0.6 is 0 Å². The maximum Gasteiger partial charge on any atom is 0.274 e. The fourth-order valence-corrected chi connectivity index (χ4v) is 7.23. The SMILES string of the molecule is O=C(c1nn(-c2ccccc2)c2c1CS(=O)(=O)c1ccc(CN3CCCCCC3)cc1-2)N1CCOCC1. The molecule has 2 saturated heterocycles. The molecule has 3 aliphatic rings. The van der Waals surface area contributed by atoms with Crippen LogP contribution in [0.2, 0.25) is 0 Å². The average molecular weight is 521 g/mol. The van der Waals surface area contributed by atoms with E-state index in [2.05, 4.69) is 4.90 Å². The third kappa shape index (κ3) is 4.71. The molecule has 0 radical (unpaired) electrons. The lowest BCUT2D eigenvalue weighted by atomic mass is 10.0. The second kappa shape index (κ2) is 10.0. The van der Waals surface area contributed by atoms with Gasteiger partial charge in [-0.05, 0) is 55.8 Å². The number of carbonyl (C=O) groups is 1. The second-order valence-electron chi connectivity index (χ2n) is 10.1. The van der Waals surface area contributed by atoms with Crippen LogP contribution in [0.4, 0.5) is 0 Å². The van der Waals surface area contributed by atoms with E-state index in [1.807, 2.05) is 42.5 Å². The van der Waals surface area contributed by atoms with Crippen LogP contribution in [0, 0.1) is 0 Å². The summed E-state index contributed by atoms with van der Waals surface area (Å²) in [7, 11) is -3.63. The van der Waals surface area contributed by atoms with E-state index in [9.17, 15) is 13.2 Å². The first-order valence-corrected chi connectivity index (χ1v) is 14.8. The molecule has 0 N–H and O–H groups in total. The van der Waals surface area contributed by atoms with Crippen molar-refractivity contribution in [2.45, 2.75) is 42.9 Å². The van der Waals surface area contributed by atoms with E-state index in [-0.39, 0.29) is 17.4 Å². The Kier molecular flexibility index (Phi) is 6.60. The van der Waals surface area contributed by atoms with Gasteiger partial charge in [-0.3, -0.25) is 9.69 Å². The topological polar surface area (TPSA) is 84.7 Å². The Labute approximate surface area is 217 Å². The minimum absolute atomic E-state index is 0.216. The van der Waals surface area contributed by atoms with Gasteiger partial charge in [0.05, 0.1) is 35.2 Å². The molecule has 3 aliphatic heterocycles. The Morgan fingerprint density at radius 1 is 0.919 bits per heavy atom. The minimum Gasteiger partial charge on any atom is -0.378 e. The lowest BCUT2D eigenvalue weighted by molar-refractivity contribution is 0.0298. The number of nitrogens with zero attached hydrogens (tertiary/aromatic N) is 4. The highest BCUT2D eigenvalue weighted by molar-refractivity contribution is 7.90. The normalized spacial score (nSPS) is 19.6. The van der Waals surface area contributed by atoms with Crippen LogP contribution in [-0.2, 0) is 26.9 Å². The molecule has 3 aromatic rings. The van der Waals surface area contributed by atoms with Gasteiger partial charge >= 0.3 is 0 Å². The average Bonchev–Trinajstić information content (AvgIpc) is 3.09. The molecule has 0 atom stereocenters. The predicted octanol–water partition coefficient (Wildman–Crippen LogP) is 3.68. The van der Waals surface area contributed by atoms with Gasteiger partial charge in [-0.2, -0.15) is 5.10 Å². The lowest BCUT2D eigenvalue weighted by Gasteiger charge is -2.26. The number of likely N-dealkylation sites (tertiary alicyclic amines) is 1. The molecule has 6 rings (SSSR count). The number of sulfone groups is 1. The zero-order valence-corrected chi connectivity index (χ0v) is 21.8. The van der Waals surface area contributed by atoms with Crippen molar-refractivity contribution >= 4 is 15.7 Å². The Bertz CT molecular complexity index is 1400. The molecule has 9 heteroatoms. The molecule has 2 fully saturated rings. The number of fused-ring (bicyclic) bond motifs is 3. The molecule has 37 heavy (non-hydrogen) atoms. The predicted molar refractivity (Wildman–Crippen MR) is 140 cm³/mol. The highest BCUT2D eigenvalue weighted by Crippen LogP contribution is 2.41. The number of hydrogen-bond donors (Lipinski definition) is 0. The summed E-state index contributed by atoms with van der Waals surface area (Å²) >= 11 is 0. The number of benzene rings is 2. The molecule has 8 nitrogen and oxygen atoms in total. The fraction of sp³-hybridized carbons (Fsp3) is 0.429. The van der Waals surface area contributed by atoms with Crippen molar-refractivity contribution in [2.24, 2.45) is 0 Å². The largest absolute Gasteiger partial charge is 0.378 e. The Morgan fingerprint density at radius 3 is 2.38 bits per heavy atom. The van der Waals surface area contributed by atoms with Crippen molar-refractivity contribution in [1.82, 2.24) is 19.6 Å². The molecule has 2 aromatic carbocycles. The Morgan fingerprint density at radius 2 is 1.65 bits per heavy atom. The summed E-state index contributed by atoms with van der Waals surface area (Å²) in [5, 5.41) is 4.77. The number of morpholine rings is 1. The number of para-hydroxylation sites is 1. The molecule has 4 heterocycles. The van der Waals surface area contributed by atoms with Gasteiger partial charge in [0.25, 0.3) is 5.91 Å². The van der Waals surface area contributed by atoms with E-state index in [1.54, 1.807) is 15.6 Å². The van der Waals surface area contributed by atoms with E-state index < -0.39 is 9.84 Å². The smallest absolute Gasteiger partial charge is 0.274 e. The fourth-order valence-electron chi connectivity index (χ4n) is 5.66. The first-order chi connectivity index (χ1) is 18.0. The quantitative estimate of drug-likeness (QED) is 0.522. The van der Waals surface area contributed by atoms with Crippen LogP contribution in [0.3, 0.4) is 0 Å². The van der Waals surface area contributed by atoms with Gasteiger partial charge < -0.3 is 9.64 Å². The van der Waals surface area contributed by atoms with Gasteiger partial charge in [0.2, 0.25) is 0 Å². The summed E-state index contributed by atoms with van der Waals surface area (Å²) in [4.78, 5) is 18.1. The zero-order chi connectivity index (χ0) is 25.4. The van der Waals surface area contributed by atoms with E-state index in [1.165, 1.54) is 25.7 Å². The number of ether oxygens (including phenoxy) is 1. The highest BCUT2D eigenvalue weighted by Gasteiger charge is 2.37. The molecular weight excluding hydrogens is 488 g/mol. The van der Waals surface area contributed by atoms with Gasteiger partial charge in [0, 0.05) is 30.8 Å². The number of amides is 1. The van der Waals surface area contributed by atoms with Crippen molar-refractivity contribution in [2.75, 3.05) is 39.4 Å². The van der Waals surface area contributed by atoms with E-state index in [0.29, 0.717) is 48.0 Å². The van der Waals surface area contributed by atoms with Gasteiger partial charge in [0.15, 0.2) is 15.5 Å². The molecule has 0 saturated carbocycles. The first-order valence-electron chi connectivity index (χ1n) is 13.1. The maximum atomic E-state index is 13.6. The van der Waals surface area contributed by atoms with E-state index in [4.69, 9.17) is 9.84 Å². The molecule has 0 unspecified atom stereocenters. The summed E-state index contributed by atoms with van der Waals surface area (Å²) in [6.45, 7) is 4.76. The summed E-state index contributed by atoms with van der Waals surface area (Å²) in [6, 6.07) is 15.3. The number of rotatable bonds is 4. The van der Waals surface area contributed by atoms with Gasteiger partial charge in [-0.15, -0.1) is 0 Å². The van der Waals surface area contributed by atoms with E-state index >= 15 is 0 Å². The van der Waals surface area contributed by atoms with Crippen molar-refractivity contribution < 1.29 is 17.9 Å².